The van der Waals surface area contributed by atoms with Crippen LogP contribution in [0.1, 0.15) is 0 Å². The molecule has 0 N–H and O–H groups in total. The molecule has 0 fully saturated rings. The van der Waals surface area contributed by atoms with Crippen LogP contribution < -0.4 is 0 Å². The predicted octanol–water partition coefficient (Wildman–Crippen LogP) is 6.49. The molecule has 0 saturated heterocycles. The summed E-state index contributed by atoms with van der Waals surface area (Å²) in [7, 11) is 0. The lowest BCUT2D eigenvalue weighted by atomic mass is 9.96. The highest BCUT2D eigenvalue weighted by Crippen LogP contribution is 2.29. The number of hydrogen-bond donors (Lipinski definition) is 0. The van der Waals surface area contributed by atoms with Crippen LogP contribution in [0, 0.1) is 6.07 Å². The molecule has 4 rings (SSSR count). The summed E-state index contributed by atoms with van der Waals surface area (Å²) in [6.45, 7) is 0. The first-order valence-corrected chi connectivity index (χ1v) is 8.12. The maximum absolute atomic E-state index is 3.15. The fourth-order valence-corrected chi connectivity index (χ4v) is 2.96. The molecular formula is C24H17. The van der Waals surface area contributed by atoms with Crippen LogP contribution in [-0.4, -0.2) is 0 Å². The number of benzene rings is 4. The highest BCUT2D eigenvalue weighted by atomic mass is 14.1. The van der Waals surface area contributed by atoms with Gasteiger partial charge in [0.2, 0.25) is 0 Å². The Balaban J connectivity index is 1.75. The van der Waals surface area contributed by atoms with Crippen molar-refractivity contribution >= 4 is 0 Å². The van der Waals surface area contributed by atoms with Gasteiger partial charge in [-0.1, -0.05) is 84.9 Å². The molecular weight excluding hydrogens is 288 g/mol. The first kappa shape index (κ1) is 14.5. The van der Waals surface area contributed by atoms with Gasteiger partial charge in [0.25, 0.3) is 0 Å². The Labute approximate surface area is 143 Å². The monoisotopic (exact) mass is 305 g/mol. The van der Waals surface area contributed by atoms with Crippen LogP contribution in [-0.2, 0) is 0 Å². The fourth-order valence-electron chi connectivity index (χ4n) is 2.96. The minimum absolute atomic E-state index is 1.19. The minimum Gasteiger partial charge on any atom is -0.0622 e. The molecule has 0 heteroatoms. The Morgan fingerprint density at radius 1 is 0.417 bits per heavy atom. The molecule has 0 amide bonds. The second-order valence-corrected chi connectivity index (χ2v) is 5.82. The van der Waals surface area contributed by atoms with Crippen LogP contribution in [0.4, 0.5) is 0 Å². The summed E-state index contributed by atoms with van der Waals surface area (Å²) < 4.78 is 0. The SMILES string of the molecule is [c]1cccc(-c2cccc(-c3cccc(-c4ccccc4)c3)c2)c1. The highest BCUT2D eigenvalue weighted by molar-refractivity contribution is 5.76. The van der Waals surface area contributed by atoms with Crippen molar-refractivity contribution in [2.45, 2.75) is 0 Å². The van der Waals surface area contributed by atoms with E-state index in [2.05, 4.69) is 84.9 Å². The van der Waals surface area contributed by atoms with Gasteiger partial charge in [0.15, 0.2) is 0 Å². The zero-order valence-electron chi connectivity index (χ0n) is 13.3. The van der Waals surface area contributed by atoms with E-state index in [1.807, 2.05) is 24.3 Å². The van der Waals surface area contributed by atoms with Crippen molar-refractivity contribution < 1.29 is 0 Å². The molecule has 113 valence electrons. The lowest BCUT2D eigenvalue weighted by Gasteiger charge is -2.08. The Morgan fingerprint density at radius 3 is 1.50 bits per heavy atom. The average Bonchev–Trinajstić information content (AvgIpc) is 2.70. The van der Waals surface area contributed by atoms with Gasteiger partial charge in [-0.15, -0.1) is 0 Å². The van der Waals surface area contributed by atoms with Gasteiger partial charge in [-0.25, -0.2) is 0 Å². The fraction of sp³-hybridized carbons (Fsp3) is 0. The Kier molecular flexibility index (Phi) is 3.95. The smallest absolute Gasteiger partial charge is 0.0178 e. The second kappa shape index (κ2) is 6.55. The molecule has 1 radical (unpaired) electrons. The van der Waals surface area contributed by atoms with E-state index in [1.54, 1.807) is 0 Å². The topological polar surface area (TPSA) is 0 Å². The third-order valence-corrected chi connectivity index (χ3v) is 4.21. The highest BCUT2D eigenvalue weighted by Gasteiger charge is 2.03. The summed E-state index contributed by atoms with van der Waals surface area (Å²) in [6, 6.07) is 39.1. The molecule has 4 aromatic carbocycles. The summed E-state index contributed by atoms with van der Waals surface area (Å²) in [4.78, 5) is 0. The predicted molar refractivity (Wildman–Crippen MR) is 102 cm³/mol. The quantitative estimate of drug-likeness (QED) is 0.406. The third-order valence-electron chi connectivity index (χ3n) is 4.21. The van der Waals surface area contributed by atoms with Crippen molar-refractivity contribution in [2.75, 3.05) is 0 Å². The van der Waals surface area contributed by atoms with Crippen molar-refractivity contribution in [2.24, 2.45) is 0 Å². The van der Waals surface area contributed by atoms with Crippen LogP contribution in [0.25, 0.3) is 33.4 Å². The summed E-state index contributed by atoms with van der Waals surface area (Å²) in [5.74, 6) is 0. The van der Waals surface area contributed by atoms with Gasteiger partial charge in [0.05, 0.1) is 0 Å². The van der Waals surface area contributed by atoms with Gasteiger partial charge in [-0.3, -0.25) is 0 Å². The Bertz CT molecular complexity index is 857. The van der Waals surface area contributed by atoms with E-state index in [0.717, 1.165) is 0 Å². The molecule has 0 atom stereocenters. The van der Waals surface area contributed by atoms with Crippen molar-refractivity contribution in [3.8, 4) is 33.4 Å². The molecule has 0 heterocycles. The maximum atomic E-state index is 3.15. The van der Waals surface area contributed by atoms with E-state index in [0.29, 0.717) is 0 Å². The number of rotatable bonds is 3. The Hall–Kier alpha value is -3.12. The van der Waals surface area contributed by atoms with Crippen molar-refractivity contribution in [3.63, 3.8) is 0 Å². The standard InChI is InChI=1S/C24H17/c1-3-9-19(10-4-1)21-13-7-15-23(17-21)24-16-8-14-22(18-24)20-11-5-2-6-12-20/h1-5,7-18H. The van der Waals surface area contributed by atoms with E-state index in [4.69, 9.17) is 0 Å². The van der Waals surface area contributed by atoms with Crippen LogP contribution in [0.15, 0.2) is 103 Å². The van der Waals surface area contributed by atoms with E-state index in [-0.39, 0.29) is 0 Å². The van der Waals surface area contributed by atoms with E-state index < -0.39 is 0 Å². The summed E-state index contributed by atoms with van der Waals surface area (Å²) >= 11 is 0. The zero-order chi connectivity index (χ0) is 16.2. The first-order chi connectivity index (χ1) is 11.9. The zero-order valence-corrected chi connectivity index (χ0v) is 13.3. The minimum atomic E-state index is 1.19. The molecule has 0 bridgehead atoms. The molecule has 0 aliphatic heterocycles. The lowest BCUT2D eigenvalue weighted by molar-refractivity contribution is 1.57. The number of hydrogen-bond acceptors (Lipinski definition) is 0. The third kappa shape index (κ3) is 3.00. The largest absolute Gasteiger partial charge is 0.0622 e. The lowest BCUT2D eigenvalue weighted by Crippen LogP contribution is -1.83. The molecule has 4 aromatic rings. The van der Waals surface area contributed by atoms with Gasteiger partial charge in [-0.2, -0.15) is 0 Å². The maximum Gasteiger partial charge on any atom is -0.0178 e. The second-order valence-electron chi connectivity index (χ2n) is 5.82. The molecule has 0 aromatic heterocycles. The van der Waals surface area contributed by atoms with Crippen molar-refractivity contribution in [1.29, 1.82) is 0 Å². The van der Waals surface area contributed by atoms with Crippen molar-refractivity contribution in [3.05, 3.63) is 109 Å². The average molecular weight is 305 g/mol. The molecule has 0 spiro atoms. The van der Waals surface area contributed by atoms with E-state index in [9.17, 15) is 0 Å². The molecule has 0 aliphatic carbocycles. The van der Waals surface area contributed by atoms with Crippen LogP contribution >= 0.6 is 0 Å². The summed E-state index contributed by atoms with van der Waals surface area (Å²) in [5.41, 5.74) is 7.36. The van der Waals surface area contributed by atoms with Gasteiger partial charge in [0.1, 0.15) is 0 Å². The van der Waals surface area contributed by atoms with E-state index in [1.165, 1.54) is 33.4 Å². The molecule has 0 aliphatic rings. The van der Waals surface area contributed by atoms with Crippen LogP contribution in [0.5, 0.6) is 0 Å². The molecule has 0 nitrogen and oxygen atoms in total. The van der Waals surface area contributed by atoms with Crippen molar-refractivity contribution in [1.82, 2.24) is 0 Å². The Morgan fingerprint density at radius 2 is 0.917 bits per heavy atom. The molecule has 24 heavy (non-hydrogen) atoms. The first-order valence-electron chi connectivity index (χ1n) is 8.12. The van der Waals surface area contributed by atoms with Gasteiger partial charge < -0.3 is 0 Å². The molecule has 0 unspecified atom stereocenters. The van der Waals surface area contributed by atoms with E-state index >= 15 is 0 Å². The normalized spacial score (nSPS) is 10.5. The summed E-state index contributed by atoms with van der Waals surface area (Å²) in [6.07, 6.45) is 0. The van der Waals surface area contributed by atoms with Crippen LogP contribution in [0.3, 0.4) is 0 Å². The van der Waals surface area contributed by atoms with Crippen LogP contribution in [0.2, 0.25) is 0 Å². The molecule has 0 saturated carbocycles. The van der Waals surface area contributed by atoms with Gasteiger partial charge in [0, 0.05) is 0 Å². The van der Waals surface area contributed by atoms with Gasteiger partial charge in [-0.05, 0) is 57.6 Å². The van der Waals surface area contributed by atoms with Gasteiger partial charge >= 0.3 is 0 Å². The summed E-state index contributed by atoms with van der Waals surface area (Å²) in [5, 5.41) is 0.